The predicted octanol–water partition coefficient (Wildman–Crippen LogP) is 5.42. The summed E-state index contributed by atoms with van der Waals surface area (Å²) in [5, 5.41) is 20.0. The van der Waals surface area contributed by atoms with Crippen molar-refractivity contribution in [1.29, 1.82) is 0 Å². The van der Waals surface area contributed by atoms with Gasteiger partial charge in [0.25, 0.3) is 0 Å². The Morgan fingerprint density at radius 2 is 1.31 bits per heavy atom. The number of rotatable bonds is 2. The van der Waals surface area contributed by atoms with Crippen LogP contribution in [0.4, 0.5) is 0 Å². The quantitative estimate of drug-likeness (QED) is 0.712. The first-order valence-electron chi connectivity index (χ1n) is 9.69. The minimum atomic E-state index is 0.190. The van der Waals surface area contributed by atoms with Gasteiger partial charge in [0.1, 0.15) is 11.5 Å². The maximum Gasteiger partial charge on any atom is 0.118 e. The van der Waals surface area contributed by atoms with Crippen LogP contribution in [0.3, 0.4) is 0 Å². The number of aryl methyl sites for hydroxylation is 2. The zero-order chi connectivity index (χ0) is 18.1. The van der Waals surface area contributed by atoms with Crippen LogP contribution in [0.25, 0.3) is 0 Å². The second-order valence-corrected chi connectivity index (χ2v) is 9.09. The van der Waals surface area contributed by atoms with Crippen LogP contribution < -0.4 is 0 Å². The predicted molar refractivity (Wildman–Crippen MR) is 104 cm³/mol. The molecule has 2 atom stereocenters. The molecule has 26 heavy (non-hydrogen) atoms. The Bertz CT molecular complexity index is 870. The highest BCUT2D eigenvalue weighted by molar-refractivity contribution is 5.48. The molecule has 0 heterocycles. The first kappa shape index (κ1) is 16.0. The molecule has 2 saturated carbocycles. The molecule has 0 aliphatic heterocycles. The van der Waals surface area contributed by atoms with E-state index < -0.39 is 0 Å². The van der Waals surface area contributed by atoms with E-state index in [-0.39, 0.29) is 10.8 Å². The Labute approximate surface area is 155 Å². The number of hydrogen-bond donors (Lipinski definition) is 2. The lowest BCUT2D eigenvalue weighted by molar-refractivity contribution is 0.0977. The number of benzene rings is 2. The molecule has 2 unspecified atom stereocenters. The van der Waals surface area contributed by atoms with E-state index >= 15 is 0 Å². The third-order valence-corrected chi connectivity index (χ3v) is 7.20. The lowest BCUT2D eigenvalue weighted by Crippen LogP contribution is -2.52. The topological polar surface area (TPSA) is 40.5 Å². The van der Waals surface area contributed by atoms with Crippen molar-refractivity contribution < 1.29 is 10.2 Å². The molecule has 2 aromatic rings. The molecule has 4 bridgehead atoms. The van der Waals surface area contributed by atoms with Crippen LogP contribution in [0, 0.1) is 19.8 Å². The fourth-order valence-electron chi connectivity index (χ4n) is 6.25. The summed E-state index contributed by atoms with van der Waals surface area (Å²) in [6.45, 7) is 4.00. The van der Waals surface area contributed by atoms with E-state index in [1.165, 1.54) is 30.4 Å². The number of hydrogen-bond acceptors (Lipinski definition) is 2. The van der Waals surface area contributed by atoms with E-state index in [0.717, 1.165) is 24.0 Å². The van der Waals surface area contributed by atoms with Crippen molar-refractivity contribution in [3.63, 3.8) is 0 Å². The molecule has 2 heteroatoms. The van der Waals surface area contributed by atoms with Crippen LogP contribution in [0.1, 0.15) is 54.4 Å². The highest BCUT2D eigenvalue weighted by atomic mass is 16.3. The molecule has 4 aliphatic carbocycles. The Morgan fingerprint density at radius 3 is 1.73 bits per heavy atom. The van der Waals surface area contributed by atoms with E-state index in [4.69, 9.17) is 0 Å². The zero-order valence-corrected chi connectivity index (χ0v) is 15.5. The van der Waals surface area contributed by atoms with Crippen molar-refractivity contribution in [2.45, 2.75) is 56.8 Å². The lowest BCUT2D eigenvalue weighted by atomic mass is 9.45. The highest BCUT2D eigenvalue weighted by Crippen LogP contribution is 2.64. The number of phenols is 2. The Balaban J connectivity index is 1.63. The molecule has 2 aromatic carbocycles. The maximum absolute atomic E-state index is 9.98. The molecule has 4 aliphatic rings. The molecule has 0 aromatic heterocycles. The molecular formula is C24H26O2. The highest BCUT2D eigenvalue weighted by Gasteiger charge is 2.55. The second kappa shape index (κ2) is 5.16. The van der Waals surface area contributed by atoms with Gasteiger partial charge in [-0.05, 0) is 86.3 Å². The van der Waals surface area contributed by atoms with E-state index in [0.29, 0.717) is 17.4 Å². The van der Waals surface area contributed by atoms with Gasteiger partial charge in [-0.25, -0.2) is 0 Å². The van der Waals surface area contributed by atoms with Crippen molar-refractivity contribution in [3.05, 3.63) is 70.3 Å². The third-order valence-electron chi connectivity index (χ3n) is 7.20. The normalized spacial score (nSPS) is 31.9. The first-order valence-corrected chi connectivity index (χ1v) is 9.69. The monoisotopic (exact) mass is 346 g/mol. The van der Waals surface area contributed by atoms with E-state index in [9.17, 15) is 10.2 Å². The molecule has 2 N–H and O–H groups in total. The van der Waals surface area contributed by atoms with Crippen LogP contribution in [-0.2, 0) is 10.8 Å². The molecular weight excluding hydrogens is 320 g/mol. The smallest absolute Gasteiger partial charge is 0.118 e. The Kier molecular flexibility index (Phi) is 3.17. The molecule has 6 rings (SSSR count). The fourth-order valence-corrected chi connectivity index (χ4v) is 6.25. The van der Waals surface area contributed by atoms with Gasteiger partial charge in [0.2, 0.25) is 0 Å². The van der Waals surface area contributed by atoms with Gasteiger partial charge in [0.15, 0.2) is 0 Å². The van der Waals surface area contributed by atoms with Crippen molar-refractivity contribution in [2.24, 2.45) is 5.92 Å². The summed E-state index contributed by atoms with van der Waals surface area (Å²) in [7, 11) is 0. The van der Waals surface area contributed by atoms with Gasteiger partial charge in [0, 0.05) is 10.8 Å². The number of phenolic OH excluding ortho intramolecular Hbond substituents is 2. The lowest BCUT2D eigenvalue weighted by Gasteiger charge is -2.59. The van der Waals surface area contributed by atoms with Gasteiger partial charge >= 0.3 is 0 Å². The van der Waals surface area contributed by atoms with E-state index in [1.807, 2.05) is 26.0 Å². The summed E-state index contributed by atoms with van der Waals surface area (Å²) in [4.78, 5) is 0. The Morgan fingerprint density at radius 1 is 0.808 bits per heavy atom. The average Bonchev–Trinajstić information content (AvgIpc) is 2.58. The van der Waals surface area contributed by atoms with Crippen LogP contribution in [-0.4, -0.2) is 10.2 Å². The van der Waals surface area contributed by atoms with Gasteiger partial charge < -0.3 is 10.2 Å². The first-order chi connectivity index (χ1) is 12.4. The number of aromatic hydroxyl groups is 2. The standard InChI is InChI=1S/C24H26O2/c1-15-7-19(3-5-21(15)25)23-10-17-9-18(11-23)13-24(12-17,14-23)20-4-6-22(26)16(2)8-20/h3-9,17,25-26H,10-14H2,1-2H3. The van der Waals surface area contributed by atoms with Crippen LogP contribution >= 0.6 is 0 Å². The molecule has 134 valence electrons. The summed E-state index contributed by atoms with van der Waals surface area (Å²) >= 11 is 0. The third kappa shape index (κ3) is 2.17. The van der Waals surface area contributed by atoms with Crippen LogP contribution in [0.15, 0.2) is 48.0 Å². The summed E-state index contributed by atoms with van der Waals surface area (Å²) in [6, 6.07) is 12.4. The summed E-state index contributed by atoms with van der Waals surface area (Å²) in [5.74, 6) is 1.42. The molecule has 2 fully saturated rings. The van der Waals surface area contributed by atoms with Crippen LogP contribution in [0.5, 0.6) is 11.5 Å². The minimum absolute atomic E-state index is 0.190. The molecule has 0 saturated heterocycles. The fraction of sp³-hybridized carbons (Fsp3) is 0.417. The molecule has 0 spiro atoms. The second-order valence-electron chi connectivity index (χ2n) is 9.09. The van der Waals surface area contributed by atoms with Gasteiger partial charge in [-0.1, -0.05) is 35.9 Å². The Hall–Kier alpha value is -2.22. The maximum atomic E-state index is 9.98. The molecule has 2 nitrogen and oxygen atoms in total. The summed E-state index contributed by atoms with van der Waals surface area (Å²) < 4.78 is 0. The van der Waals surface area contributed by atoms with Crippen molar-refractivity contribution in [3.8, 4) is 11.5 Å². The summed E-state index contributed by atoms with van der Waals surface area (Å²) in [5.41, 5.74) is 6.72. The average molecular weight is 346 g/mol. The SMILES string of the molecule is Cc1cc(C23CC4=CC(C2)CC(c2ccc(O)c(C)c2)(C4)C3)ccc1O. The number of allylic oxidation sites excluding steroid dienone is 2. The van der Waals surface area contributed by atoms with Gasteiger partial charge in [-0.3, -0.25) is 0 Å². The van der Waals surface area contributed by atoms with Crippen molar-refractivity contribution in [1.82, 2.24) is 0 Å². The van der Waals surface area contributed by atoms with Gasteiger partial charge in [0.05, 0.1) is 0 Å². The van der Waals surface area contributed by atoms with E-state index in [1.54, 1.807) is 5.57 Å². The van der Waals surface area contributed by atoms with E-state index in [2.05, 4.69) is 30.3 Å². The van der Waals surface area contributed by atoms with Gasteiger partial charge in [-0.15, -0.1) is 0 Å². The van der Waals surface area contributed by atoms with Crippen LogP contribution in [0.2, 0.25) is 0 Å². The van der Waals surface area contributed by atoms with Gasteiger partial charge in [-0.2, -0.15) is 0 Å². The zero-order valence-electron chi connectivity index (χ0n) is 15.5. The molecule has 0 amide bonds. The largest absolute Gasteiger partial charge is 0.508 e. The molecule has 0 radical (unpaired) electrons. The summed E-state index contributed by atoms with van der Waals surface area (Å²) in [6.07, 6.45) is 8.47. The van der Waals surface area contributed by atoms with Crippen molar-refractivity contribution in [2.75, 3.05) is 0 Å². The van der Waals surface area contributed by atoms with Crippen molar-refractivity contribution >= 4 is 0 Å². The minimum Gasteiger partial charge on any atom is -0.508 e.